The number of carboxylic acid groups (broad SMARTS) is 1. The quantitative estimate of drug-likeness (QED) is 0.474. The van der Waals surface area contributed by atoms with E-state index in [1.54, 1.807) is 30.2 Å². The summed E-state index contributed by atoms with van der Waals surface area (Å²) in [7, 11) is 1.65. The Kier molecular flexibility index (Phi) is 4.97. The van der Waals surface area contributed by atoms with Crippen molar-refractivity contribution in [2.24, 2.45) is 29.6 Å². The Balaban J connectivity index is 1.40. The number of hydrogen-bond acceptors (Lipinski definition) is 7. The van der Waals surface area contributed by atoms with Crippen molar-refractivity contribution in [2.45, 2.75) is 29.0 Å². The van der Waals surface area contributed by atoms with Crippen molar-refractivity contribution in [1.29, 1.82) is 0 Å². The largest absolute Gasteiger partial charge is 0.497 e. The van der Waals surface area contributed by atoms with Crippen molar-refractivity contribution >= 4 is 53.1 Å². The lowest BCUT2D eigenvalue weighted by atomic mass is 9.68. The maximum Gasteiger partial charge on any atom is 0.305 e. The third-order valence-corrected chi connectivity index (χ3v) is 10.8. The molecule has 3 fully saturated rings. The summed E-state index contributed by atoms with van der Waals surface area (Å²) in [6.45, 7) is -0.0374. The lowest BCUT2D eigenvalue weighted by Gasteiger charge is -2.43. The third-order valence-electron chi connectivity index (χ3n) is 7.84. The van der Waals surface area contributed by atoms with Gasteiger partial charge in [-0.2, -0.15) is 0 Å². The summed E-state index contributed by atoms with van der Waals surface area (Å²) in [5.41, 5.74) is 1.17. The number of carbonyl (C=O) groups excluding carboxylic acids is 2. The van der Waals surface area contributed by atoms with Crippen LogP contribution in [0.1, 0.15) is 29.2 Å². The number of aliphatic carboxylic acids is 1. The molecule has 1 aromatic carbocycles. The van der Waals surface area contributed by atoms with Gasteiger partial charge in [-0.3, -0.25) is 19.3 Å². The Bertz CT molecular complexity index is 1220. The number of imide groups is 1. The normalized spacial score (nSPS) is 33.7. The van der Waals surface area contributed by atoms with E-state index in [-0.39, 0.29) is 65.5 Å². The van der Waals surface area contributed by atoms with Crippen LogP contribution in [0.3, 0.4) is 0 Å². The highest BCUT2D eigenvalue weighted by atomic mass is 32.2. The number of hydrogen-bond donors (Lipinski definition) is 2. The third kappa shape index (κ3) is 3.06. The van der Waals surface area contributed by atoms with Crippen LogP contribution in [0.5, 0.6) is 5.75 Å². The van der Waals surface area contributed by atoms with Gasteiger partial charge < -0.3 is 14.8 Å². The number of benzene rings is 1. The zero-order chi connectivity index (χ0) is 23.0. The zero-order valence-electron chi connectivity index (χ0n) is 17.7. The number of aromatic nitrogens is 1. The van der Waals surface area contributed by atoms with Crippen LogP contribution in [-0.2, 0) is 14.4 Å². The molecule has 33 heavy (non-hydrogen) atoms. The number of methoxy groups -OCH3 is 1. The molecule has 1 aromatic heterocycles. The predicted molar refractivity (Wildman–Crippen MR) is 125 cm³/mol. The van der Waals surface area contributed by atoms with Gasteiger partial charge in [0.15, 0.2) is 3.95 Å². The fourth-order valence-electron chi connectivity index (χ4n) is 6.69. The molecule has 7 unspecified atom stereocenters. The smallest absolute Gasteiger partial charge is 0.305 e. The SMILES string of the molecule is COc1ccc(C2c3sc(=S)[nH]c3SC3C4CC(C5C(=O)N(CCC(=O)O)C(=O)C45)C23)cc1. The summed E-state index contributed by atoms with van der Waals surface area (Å²) in [6.07, 6.45) is 0.653. The van der Waals surface area contributed by atoms with Gasteiger partial charge in [-0.15, -0.1) is 23.1 Å². The Hall–Kier alpha value is -2.17. The molecular weight excluding hydrogens is 480 g/mol. The lowest BCUT2D eigenvalue weighted by molar-refractivity contribution is -0.142. The van der Waals surface area contributed by atoms with Gasteiger partial charge in [0.05, 0.1) is 30.4 Å². The fraction of sp³-hybridized carbons (Fsp3) is 0.478. The molecule has 4 aliphatic rings. The number of fused-ring (bicyclic) bond motifs is 9. The van der Waals surface area contributed by atoms with Gasteiger partial charge in [-0.1, -0.05) is 12.1 Å². The van der Waals surface area contributed by atoms with Crippen LogP contribution in [0.25, 0.3) is 0 Å². The number of likely N-dealkylation sites (tertiary alicyclic amines) is 1. The molecule has 2 saturated carbocycles. The van der Waals surface area contributed by atoms with E-state index in [1.807, 2.05) is 12.1 Å². The second-order valence-corrected chi connectivity index (χ2v) is 12.1. The number of amides is 2. The molecule has 6 rings (SSSR count). The number of thiazole rings is 1. The molecule has 7 nitrogen and oxygen atoms in total. The highest BCUT2D eigenvalue weighted by molar-refractivity contribution is 8.00. The molecule has 3 heterocycles. The molecular formula is C23H22N2O5S3. The number of aromatic amines is 1. The number of nitrogens with zero attached hydrogens (tertiary/aromatic N) is 1. The number of ether oxygens (including phenoxy) is 1. The Labute approximate surface area is 203 Å². The van der Waals surface area contributed by atoms with Crippen molar-refractivity contribution in [1.82, 2.24) is 9.88 Å². The van der Waals surface area contributed by atoms with Gasteiger partial charge in [0.1, 0.15) is 5.75 Å². The number of rotatable bonds is 5. The topological polar surface area (TPSA) is 99.7 Å². The number of H-pyrrole nitrogens is 1. The van der Waals surface area contributed by atoms with Gasteiger partial charge in [0.2, 0.25) is 11.8 Å². The summed E-state index contributed by atoms with van der Waals surface area (Å²) >= 11 is 8.85. The van der Waals surface area contributed by atoms with Crippen molar-refractivity contribution in [2.75, 3.05) is 13.7 Å². The van der Waals surface area contributed by atoms with Gasteiger partial charge in [-0.25, -0.2) is 0 Å². The first-order valence-corrected chi connectivity index (χ1v) is 13.1. The molecule has 2 amide bonds. The fourth-order valence-corrected chi connectivity index (χ4v) is 10.0. The molecule has 2 aromatic rings. The zero-order valence-corrected chi connectivity index (χ0v) is 20.2. The summed E-state index contributed by atoms with van der Waals surface area (Å²) in [5.74, 6) is -0.707. The van der Waals surface area contributed by atoms with E-state index in [4.69, 9.17) is 22.1 Å². The average molecular weight is 503 g/mol. The standard InChI is InChI=1S/C23H22N2O5S3/c1-30-10-4-2-9(3-5-10)14-15-11-8-12(18(15)32-20-19(14)33-23(31)24-20)17-16(11)21(28)25(22(17)29)7-6-13(26)27/h2-5,11-12,14-18H,6-8H2,1H3,(H,24,31)(H,26,27). The molecule has 7 atom stereocenters. The van der Waals surface area contributed by atoms with Crippen LogP contribution >= 0.6 is 35.3 Å². The lowest BCUT2D eigenvalue weighted by Crippen LogP contribution is -2.42. The van der Waals surface area contributed by atoms with E-state index < -0.39 is 5.97 Å². The van der Waals surface area contributed by atoms with Crippen molar-refractivity contribution in [3.63, 3.8) is 0 Å². The van der Waals surface area contributed by atoms with E-state index in [1.165, 1.54) is 15.3 Å². The van der Waals surface area contributed by atoms with Crippen LogP contribution < -0.4 is 4.74 Å². The van der Waals surface area contributed by atoms with Gasteiger partial charge in [0, 0.05) is 22.6 Å². The number of carbonyl (C=O) groups is 3. The maximum absolute atomic E-state index is 13.3. The van der Waals surface area contributed by atoms with E-state index >= 15 is 0 Å². The number of carboxylic acids is 1. The van der Waals surface area contributed by atoms with Crippen molar-refractivity contribution < 1.29 is 24.2 Å². The first kappa shape index (κ1) is 21.4. The number of nitrogens with one attached hydrogen (secondary N) is 1. The molecule has 1 saturated heterocycles. The minimum Gasteiger partial charge on any atom is -0.497 e. The van der Waals surface area contributed by atoms with E-state index in [9.17, 15) is 14.4 Å². The maximum atomic E-state index is 13.3. The first-order valence-electron chi connectivity index (χ1n) is 11.0. The summed E-state index contributed by atoms with van der Waals surface area (Å²) < 4.78 is 6.09. The van der Waals surface area contributed by atoms with Gasteiger partial charge in [-0.05, 0) is 54.1 Å². The first-order chi connectivity index (χ1) is 15.9. The second kappa shape index (κ2) is 7.68. The average Bonchev–Trinajstić information content (AvgIpc) is 3.52. The molecule has 0 radical (unpaired) electrons. The Morgan fingerprint density at radius 1 is 1.21 bits per heavy atom. The summed E-state index contributed by atoms with van der Waals surface area (Å²) in [5, 5.41) is 10.4. The molecule has 2 aliphatic carbocycles. The van der Waals surface area contributed by atoms with Gasteiger partial charge >= 0.3 is 5.97 Å². The monoisotopic (exact) mass is 502 g/mol. The van der Waals surface area contributed by atoms with Crippen molar-refractivity contribution in [3.8, 4) is 5.75 Å². The molecule has 2 N–H and O–H groups in total. The summed E-state index contributed by atoms with van der Waals surface area (Å²) in [4.78, 5) is 43.4. The minimum absolute atomic E-state index is 0.0374. The van der Waals surface area contributed by atoms with Crippen LogP contribution in [0.15, 0.2) is 29.3 Å². The predicted octanol–water partition coefficient (Wildman–Crippen LogP) is 3.76. The van der Waals surface area contributed by atoms with Crippen molar-refractivity contribution in [3.05, 3.63) is 38.7 Å². The minimum atomic E-state index is -1.00. The van der Waals surface area contributed by atoms with E-state index in [0.29, 0.717) is 0 Å². The Morgan fingerprint density at radius 3 is 2.58 bits per heavy atom. The highest BCUT2D eigenvalue weighted by Crippen LogP contribution is 2.68. The molecule has 0 spiro atoms. The number of thioether (sulfide) groups is 1. The highest BCUT2D eigenvalue weighted by Gasteiger charge is 2.69. The Morgan fingerprint density at radius 2 is 1.91 bits per heavy atom. The van der Waals surface area contributed by atoms with Gasteiger partial charge in [0.25, 0.3) is 0 Å². The van der Waals surface area contributed by atoms with Crippen LogP contribution in [-0.4, -0.2) is 51.7 Å². The van der Waals surface area contributed by atoms with Crippen LogP contribution in [0.4, 0.5) is 0 Å². The molecule has 2 bridgehead atoms. The molecule has 2 aliphatic heterocycles. The second-order valence-electron chi connectivity index (χ2n) is 9.21. The molecule has 10 heteroatoms. The van der Waals surface area contributed by atoms with Crippen LogP contribution in [0.2, 0.25) is 0 Å². The molecule has 172 valence electrons. The summed E-state index contributed by atoms with van der Waals surface area (Å²) in [6, 6.07) is 8.11. The van der Waals surface area contributed by atoms with E-state index in [2.05, 4.69) is 17.1 Å². The van der Waals surface area contributed by atoms with E-state index in [0.717, 1.165) is 21.2 Å². The van der Waals surface area contributed by atoms with Crippen LogP contribution in [0, 0.1) is 33.5 Å².